The number of hydrogen-bond acceptors (Lipinski definition) is 3. The first-order chi connectivity index (χ1) is 11.0. The van der Waals surface area contributed by atoms with E-state index in [1.54, 1.807) is 0 Å². The summed E-state index contributed by atoms with van der Waals surface area (Å²) in [6, 6.07) is 9.62. The summed E-state index contributed by atoms with van der Waals surface area (Å²) >= 11 is 0. The molecule has 0 amide bonds. The van der Waals surface area contributed by atoms with Crippen molar-refractivity contribution in [3.8, 4) is 0 Å². The number of nitrogens with zero attached hydrogens (tertiary/aromatic N) is 1. The zero-order chi connectivity index (χ0) is 16.8. The number of nitrogens with one attached hydrogen (secondary N) is 1. The predicted octanol–water partition coefficient (Wildman–Crippen LogP) is 2.19. The Hall–Kier alpha value is -2.21. The van der Waals surface area contributed by atoms with Crippen LogP contribution in [0.3, 0.4) is 0 Å². The van der Waals surface area contributed by atoms with E-state index in [2.05, 4.69) is 4.98 Å². The highest BCUT2D eigenvalue weighted by Crippen LogP contribution is 2.16. The molecule has 0 bridgehead atoms. The standard InChI is InChI=1S/C17H21FN2O3/c1-12(2)15-14(10-13-6-4-3-5-7-13)19-17(22)20(16(15)21)11-23-9-8-18/h3-7,12H,8-11H2,1-2H3,(H,19,22). The van der Waals surface area contributed by atoms with Gasteiger partial charge in [-0.1, -0.05) is 44.2 Å². The van der Waals surface area contributed by atoms with Crippen molar-refractivity contribution >= 4 is 0 Å². The summed E-state index contributed by atoms with van der Waals surface area (Å²) < 4.78 is 18.1. The van der Waals surface area contributed by atoms with Crippen LogP contribution in [-0.4, -0.2) is 22.8 Å². The number of benzene rings is 1. The summed E-state index contributed by atoms with van der Waals surface area (Å²) in [6.45, 7) is 2.75. The van der Waals surface area contributed by atoms with E-state index in [1.807, 2.05) is 44.2 Å². The Morgan fingerprint density at radius 2 is 1.91 bits per heavy atom. The second-order valence-electron chi connectivity index (χ2n) is 5.60. The lowest BCUT2D eigenvalue weighted by Gasteiger charge is -2.15. The molecule has 0 aliphatic heterocycles. The Morgan fingerprint density at radius 3 is 2.52 bits per heavy atom. The molecule has 1 aromatic carbocycles. The van der Waals surface area contributed by atoms with E-state index in [9.17, 15) is 14.0 Å². The smallest absolute Gasteiger partial charge is 0.330 e. The van der Waals surface area contributed by atoms with E-state index >= 15 is 0 Å². The van der Waals surface area contributed by atoms with E-state index in [0.29, 0.717) is 17.7 Å². The van der Waals surface area contributed by atoms with Crippen molar-refractivity contribution in [3.05, 3.63) is 68.0 Å². The van der Waals surface area contributed by atoms with Gasteiger partial charge in [-0.25, -0.2) is 13.8 Å². The summed E-state index contributed by atoms with van der Waals surface area (Å²) in [6.07, 6.45) is 0.477. The van der Waals surface area contributed by atoms with Gasteiger partial charge in [0.2, 0.25) is 0 Å². The lowest BCUT2D eigenvalue weighted by molar-refractivity contribution is 0.0613. The van der Waals surface area contributed by atoms with Gasteiger partial charge >= 0.3 is 5.69 Å². The minimum atomic E-state index is -0.657. The molecular formula is C17H21FN2O3. The minimum absolute atomic E-state index is 0.0505. The molecule has 124 valence electrons. The van der Waals surface area contributed by atoms with Crippen LogP contribution < -0.4 is 11.2 Å². The Morgan fingerprint density at radius 1 is 1.22 bits per heavy atom. The van der Waals surface area contributed by atoms with E-state index in [-0.39, 0.29) is 24.8 Å². The van der Waals surface area contributed by atoms with Gasteiger partial charge in [0.25, 0.3) is 5.56 Å². The van der Waals surface area contributed by atoms with Crippen molar-refractivity contribution in [1.29, 1.82) is 0 Å². The highest BCUT2D eigenvalue weighted by Gasteiger charge is 2.17. The van der Waals surface area contributed by atoms with E-state index in [1.165, 1.54) is 0 Å². The molecule has 0 fully saturated rings. The van der Waals surface area contributed by atoms with Crippen LogP contribution in [0.25, 0.3) is 0 Å². The average molecular weight is 320 g/mol. The maximum absolute atomic E-state index is 12.6. The first-order valence-corrected chi connectivity index (χ1v) is 7.58. The van der Waals surface area contributed by atoms with E-state index in [0.717, 1.165) is 10.1 Å². The fourth-order valence-electron chi connectivity index (χ4n) is 2.49. The maximum Gasteiger partial charge on any atom is 0.330 e. The van der Waals surface area contributed by atoms with Gasteiger partial charge in [-0.15, -0.1) is 0 Å². The van der Waals surface area contributed by atoms with Crippen molar-refractivity contribution in [1.82, 2.24) is 9.55 Å². The monoisotopic (exact) mass is 320 g/mol. The molecular weight excluding hydrogens is 299 g/mol. The van der Waals surface area contributed by atoms with Crippen LogP contribution in [0.2, 0.25) is 0 Å². The molecule has 0 spiro atoms. The zero-order valence-electron chi connectivity index (χ0n) is 13.3. The number of aromatic nitrogens is 2. The lowest BCUT2D eigenvalue weighted by Crippen LogP contribution is -2.39. The third-order valence-electron chi connectivity index (χ3n) is 3.55. The van der Waals surface area contributed by atoms with Gasteiger partial charge < -0.3 is 9.72 Å². The van der Waals surface area contributed by atoms with Gasteiger partial charge in [-0.05, 0) is 11.5 Å². The van der Waals surface area contributed by atoms with E-state index in [4.69, 9.17) is 4.74 Å². The normalized spacial score (nSPS) is 11.1. The number of H-pyrrole nitrogens is 1. The number of aromatic amines is 1. The fraction of sp³-hybridized carbons (Fsp3) is 0.412. The topological polar surface area (TPSA) is 64.1 Å². The zero-order valence-corrected chi connectivity index (χ0v) is 13.3. The fourth-order valence-corrected chi connectivity index (χ4v) is 2.49. The Kier molecular flexibility index (Phi) is 5.87. The molecule has 2 aromatic rings. The number of hydrogen-bond donors (Lipinski definition) is 1. The molecule has 2 rings (SSSR count). The largest absolute Gasteiger partial charge is 0.358 e. The molecule has 0 aliphatic carbocycles. The van der Waals surface area contributed by atoms with Crippen LogP contribution in [0.1, 0.15) is 36.6 Å². The first-order valence-electron chi connectivity index (χ1n) is 7.58. The molecule has 0 radical (unpaired) electrons. The molecule has 1 heterocycles. The molecule has 5 nitrogen and oxygen atoms in total. The third-order valence-corrected chi connectivity index (χ3v) is 3.55. The van der Waals surface area contributed by atoms with Crippen molar-refractivity contribution in [2.24, 2.45) is 0 Å². The minimum Gasteiger partial charge on any atom is -0.358 e. The van der Waals surface area contributed by atoms with Gasteiger partial charge in [0.15, 0.2) is 0 Å². The molecule has 0 aliphatic rings. The summed E-state index contributed by atoms with van der Waals surface area (Å²) in [5, 5.41) is 0. The molecule has 0 saturated carbocycles. The summed E-state index contributed by atoms with van der Waals surface area (Å²) in [5.74, 6) is -0.0505. The Balaban J connectivity index is 2.43. The predicted molar refractivity (Wildman–Crippen MR) is 86.6 cm³/mol. The number of rotatable bonds is 7. The molecule has 1 aromatic heterocycles. The lowest BCUT2D eigenvalue weighted by atomic mass is 9.98. The summed E-state index contributed by atoms with van der Waals surface area (Å²) in [7, 11) is 0. The average Bonchev–Trinajstić information content (AvgIpc) is 2.51. The van der Waals surface area contributed by atoms with Gasteiger partial charge in [-0.3, -0.25) is 4.79 Å². The van der Waals surface area contributed by atoms with Crippen molar-refractivity contribution < 1.29 is 9.13 Å². The SMILES string of the molecule is CC(C)c1c(Cc2ccccc2)[nH]c(=O)n(COCCF)c1=O. The second kappa shape index (κ2) is 7.87. The third kappa shape index (κ3) is 4.16. The van der Waals surface area contributed by atoms with Gasteiger partial charge in [0, 0.05) is 17.7 Å². The molecule has 0 unspecified atom stereocenters. The van der Waals surface area contributed by atoms with Crippen LogP contribution in [0, 0.1) is 0 Å². The van der Waals surface area contributed by atoms with Crippen LogP contribution >= 0.6 is 0 Å². The summed E-state index contributed by atoms with van der Waals surface area (Å²) in [4.78, 5) is 27.5. The van der Waals surface area contributed by atoms with Crippen LogP contribution in [0.5, 0.6) is 0 Å². The Labute approximate surface area is 133 Å². The highest BCUT2D eigenvalue weighted by atomic mass is 19.1. The highest BCUT2D eigenvalue weighted by molar-refractivity contribution is 5.28. The summed E-state index contributed by atoms with van der Waals surface area (Å²) in [5.41, 5.74) is 1.26. The molecule has 0 saturated heterocycles. The van der Waals surface area contributed by atoms with Crippen LogP contribution in [-0.2, 0) is 17.9 Å². The number of ether oxygens (including phenoxy) is 1. The van der Waals surface area contributed by atoms with Gasteiger partial charge in [0.05, 0.1) is 6.61 Å². The maximum atomic E-state index is 12.6. The molecule has 1 N–H and O–H groups in total. The molecule has 0 atom stereocenters. The number of halogens is 1. The first kappa shape index (κ1) is 17.1. The Bertz CT molecular complexity index is 751. The molecule has 23 heavy (non-hydrogen) atoms. The van der Waals surface area contributed by atoms with Crippen molar-refractivity contribution in [3.63, 3.8) is 0 Å². The van der Waals surface area contributed by atoms with Crippen molar-refractivity contribution in [2.75, 3.05) is 13.3 Å². The van der Waals surface area contributed by atoms with E-state index < -0.39 is 12.4 Å². The van der Waals surface area contributed by atoms with Gasteiger partial charge in [-0.2, -0.15) is 0 Å². The molecule has 6 heteroatoms. The van der Waals surface area contributed by atoms with Crippen molar-refractivity contribution in [2.45, 2.75) is 32.9 Å². The van der Waals surface area contributed by atoms with Crippen LogP contribution in [0.4, 0.5) is 4.39 Å². The number of alkyl halides is 1. The quantitative estimate of drug-likeness (QED) is 0.796. The van der Waals surface area contributed by atoms with Gasteiger partial charge in [0.1, 0.15) is 13.4 Å². The van der Waals surface area contributed by atoms with Crippen LogP contribution in [0.15, 0.2) is 39.9 Å². The second-order valence-corrected chi connectivity index (χ2v) is 5.60.